The number of nitrogens with zero attached hydrogens (tertiary/aromatic N) is 1. The van der Waals surface area contributed by atoms with Crippen LogP contribution in [-0.2, 0) is 6.54 Å². The molecule has 170 valence electrons. The number of para-hydroxylation sites is 1. The summed E-state index contributed by atoms with van der Waals surface area (Å²) >= 11 is 0. The van der Waals surface area contributed by atoms with Crippen molar-refractivity contribution < 1.29 is 14.3 Å². The van der Waals surface area contributed by atoms with Crippen molar-refractivity contribution >= 4 is 23.0 Å². The van der Waals surface area contributed by atoms with Gasteiger partial charge in [-0.25, -0.2) is 4.39 Å². The van der Waals surface area contributed by atoms with E-state index in [-0.39, 0.29) is 34.9 Å². The van der Waals surface area contributed by atoms with Gasteiger partial charge in [0.25, 0.3) is 17.0 Å². The first-order valence-electron chi connectivity index (χ1n) is 9.92. The molecule has 3 rings (SSSR count). The molecule has 0 fully saturated rings. The average Bonchev–Trinajstić information content (AvgIpc) is 2.78. The van der Waals surface area contributed by atoms with Crippen LogP contribution in [0.1, 0.15) is 29.8 Å². The molecule has 32 heavy (non-hydrogen) atoms. The fraction of sp³-hybridized carbons (Fsp3) is 0.227. The Morgan fingerprint density at radius 1 is 1.03 bits per heavy atom. The Hall–Kier alpha value is -4.08. The van der Waals surface area contributed by atoms with E-state index in [4.69, 9.17) is 0 Å². The van der Waals surface area contributed by atoms with E-state index < -0.39 is 22.8 Å². The summed E-state index contributed by atoms with van der Waals surface area (Å²) in [5.74, 6) is -1.23. The van der Waals surface area contributed by atoms with Gasteiger partial charge in [0.15, 0.2) is 5.75 Å². The van der Waals surface area contributed by atoms with E-state index >= 15 is 0 Å². The molecule has 9 nitrogen and oxygen atoms in total. The zero-order chi connectivity index (χ0) is 23.8. The zero-order valence-electron chi connectivity index (χ0n) is 18.2. The first-order chi connectivity index (χ1) is 15.3. The smallest absolute Gasteiger partial charge is 0.288 e. The molecule has 0 aliphatic heterocycles. The number of hydrogen-bond acceptors (Lipinski definition) is 6. The van der Waals surface area contributed by atoms with Gasteiger partial charge in [-0.3, -0.25) is 24.6 Å². The van der Waals surface area contributed by atoms with Crippen molar-refractivity contribution in [3.05, 3.63) is 80.1 Å². The Bertz CT molecular complexity index is 1200. The van der Waals surface area contributed by atoms with Crippen molar-refractivity contribution in [2.24, 2.45) is 0 Å². The van der Waals surface area contributed by atoms with Crippen LogP contribution in [0.3, 0.4) is 0 Å². The Morgan fingerprint density at radius 2 is 1.66 bits per heavy atom. The van der Waals surface area contributed by atoms with Crippen LogP contribution in [0.25, 0.3) is 0 Å². The lowest BCUT2D eigenvalue weighted by Crippen LogP contribution is -2.26. The van der Waals surface area contributed by atoms with Gasteiger partial charge in [0.2, 0.25) is 0 Å². The summed E-state index contributed by atoms with van der Waals surface area (Å²) in [4.78, 5) is 38.2. The van der Waals surface area contributed by atoms with Crippen LogP contribution in [0.2, 0.25) is 0 Å². The number of nitrogens with one attached hydrogen (secondary N) is 4. The number of amides is 1. The van der Waals surface area contributed by atoms with E-state index in [1.807, 2.05) is 13.8 Å². The third-order valence-corrected chi connectivity index (χ3v) is 4.28. The quantitative estimate of drug-likeness (QED) is 0.372. The van der Waals surface area contributed by atoms with Crippen molar-refractivity contribution in [3.8, 4) is 5.75 Å². The molecule has 2 aromatic carbocycles. The summed E-state index contributed by atoms with van der Waals surface area (Å²) < 4.78 is 13.4. The lowest BCUT2D eigenvalue weighted by atomic mass is 10.1. The lowest BCUT2D eigenvalue weighted by molar-refractivity contribution is 0.0824. The van der Waals surface area contributed by atoms with Gasteiger partial charge in [-0.2, -0.15) is 0 Å². The van der Waals surface area contributed by atoms with Gasteiger partial charge >= 0.3 is 0 Å². The summed E-state index contributed by atoms with van der Waals surface area (Å²) in [5, 5.41) is 20.4. The molecule has 1 aromatic heterocycles. The van der Waals surface area contributed by atoms with Gasteiger partial charge in [-0.15, -0.1) is 0 Å². The van der Waals surface area contributed by atoms with E-state index in [1.165, 1.54) is 55.4 Å². The number of aromatic hydroxyl groups is 1. The number of phenols is 1. The predicted molar refractivity (Wildman–Crippen MR) is 122 cm³/mol. The van der Waals surface area contributed by atoms with E-state index in [2.05, 4.69) is 20.8 Å². The number of H-pyrrole nitrogens is 2. The van der Waals surface area contributed by atoms with Crippen molar-refractivity contribution in [1.29, 1.82) is 0 Å². The highest BCUT2D eigenvalue weighted by Gasteiger charge is 2.19. The van der Waals surface area contributed by atoms with Crippen molar-refractivity contribution in [3.63, 3.8) is 0 Å². The number of aromatic amines is 2. The molecule has 0 atom stereocenters. The summed E-state index contributed by atoms with van der Waals surface area (Å²) in [6.45, 7) is 4.07. The summed E-state index contributed by atoms with van der Waals surface area (Å²) in [7, 11) is 3.08. The largest absolute Gasteiger partial charge is 0.505 e. The molecule has 1 heterocycles. The Morgan fingerprint density at radius 3 is 2.28 bits per heavy atom. The standard InChI is InChI=1S/C20H20FN5O4.C2H6/c1-26(2)20(30)13-7-4-8-14(17(13)27)23-16-15(18(28)24-25-19(16)29)22-10-11-5-3-6-12(21)9-11;1-2/h3-9,27H,10H2,1-2H3,(H2,22,25,29)(H2,23,24,28);1-2H3. The second kappa shape index (κ2) is 10.8. The van der Waals surface area contributed by atoms with Crippen LogP contribution in [0.4, 0.5) is 21.5 Å². The average molecular weight is 443 g/mol. The molecule has 0 unspecified atom stereocenters. The van der Waals surface area contributed by atoms with Gasteiger partial charge < -0.3 is 20.6 Å². The lowest BCUT2D eigenvalue weighted by Gasteiger charge is -2.16. The maximum absolute atomic E-state index is 13.4. The molecular weight excluding hydrogens is 417 g/mol. The van der Waals surface area contributed by atoms with Crippen LogP contribution >= 0.6 is 0 Å². The molecule has 3 aromatic rings. The van der Waals surface area contributed by atoms with Crippen LogP contribution < -0.4 is 21.8 Å². The Balaban J connectivity index is 0.00000176. The normalized spacial score (nSPS) is 10.0. The molecule has 0 spiro atoms. The van der Waals surface area contributed by atoms with Gasteiger partial charge in [0.1, 0.15) is 17.2 Å². The summed E-state index contributed by atoms with van der Waals surface area (Å²) in [6.07, 6.45) is 0. The molecule has 0 bridgehead atoms. The van der Waals surface area contributed by atoms with Gasteiger partial charge in [-0.1, -0.05) is 32.0 Å². The van der Waals surface area contributed by atoms with Gasteiger partial charge in [-0.05, 0) is 29.8 Å². The summed E-state index contributed by atoms with van der Waals surface area (Å²) in [5.41, 5.74) is -0.921. The number of carbonyl (C=O) groups is 1. The number of carbonyl (C=O) groups excluding carboxylic acids is 1. The van der Waals surface area contributed by atoms with Crippen molar-refractivity contribution in [1.82, 2.24) is 15.1 Å². The molecule has 0 radical (unpaired) electrons. The third kappa shape index (κ3) is 5.54. The second-order valence-electron chi connectivity index (χ2n) is 6.67. The van der Waals surface area contributed by atoms with Crippen LogP contribution in [0.15, 0.2) is 52.1 Å². The fourth-order valence-corrected chi connectivity index (χ4v) is 2.78. The van der Waals surface area contributed by atoms with Crippen molar-refractivity contribution in [2.75, 3.05) is 24.7 Å². The number of phenolic OH excluding ortho intramolecular Hbond substituents is 1. The number of rotatable bonds is 6. The number of benzene rings is 2. The molecule has 10 heteroatoms. The monoisotopic (exact) mass is 443 g/mol. The molecule has 0 aliphatic rings. The Labute approximate surface area is 183 Å². The number of anilines is 3. The SMILES string of the molecule is CC.CN(C)C(=O)c1cccc(Nc2c(NCc3cccc(F)c3)c(=O)[nH][nH]c2=O)c1O. The molecule has 1 amide bonds. The van der Waals surface area contributed by atoms with Gasteiger partial charge in [0, 0.05) is 20.6 Å². The van der Waals surface area contributed by atoms with Crippen molar-refractivity contribution in [2.45, 2.75) is 20.4 Å². The molecular formula is C22H26FN5O4. The minimum Gasteiger partial charge on any atom is -0.505 e. The third-order valence-electron chi connectivity index (χ3n) is 4.28. The van der Waals surface area contributed by atoms with E-state index in [1.54, 1.807) is 6.07 Å². The number of hydrogen-bond donors (Lipinski definition) is 5. The van der Waals surface area contributed by atoms with Crippen LogP contribution in [0.5, 0.6) is 5.75 Å². The first kappa shape index (κ1) is 24.2. The van der Waals surface area contributed by atoms with Gasteiger partial charge in [0.05, 0.1) is 11.3 Å². The fourth-order valence-electron chi connectivity index (χ4n) is 2.78. The molecule has 0 aliphatic carbocycles. The van der Waals surface area contributed by atoms with Crippen LogP contribution in [0, 0.1) is 5.82 Å². The maximum Gasteiger partial charge on any atom is 0.288 e. The summed E-state index contributed by atoms with van der Waals surface area (Å²) in [6, 6.07) is 10.2. The number of halogens is 1. The first-order valence-corrected chi connectivity index (χ1v) is 9.92. The van der Waals surface area contributed by atoms with E-state index in [0.29, 0.717) is 5.56 Å². The van der Waals surface area contributed by atoms with E-state index in [9.17, 15) is 23.9 Å². The zero-order valence-corrected chi connectivity index (χ0v) is 18.2. The van der Waals surface area contributed by atoms with Crippen LogP contribution in [-0.4, -0.2) is 40.2 Å². The van der Waals surface area contributed by atoms with E-state index in [0.717, 1.165) is 0 Å². The second-order valence-corrected chi connectivity index (χ2v) is 6.67. The predicted octanol–water partition coefficient (Wildman–Crippen LogP) is 2.99. The highest BCUT2D eigenvalue weighted by Crippen LogP contribution is 2.31. The minimum atomic E-state index is -0.667. The minimum absolute atomic E-state index is 0.0283. The molecule has 0 saturated heterocycles. The highest BCUT2D eigenvalue weighted by molar-refractivity contribution is 5.98. The number of aromatic nitrogens is 2. The Kier molecular flexibility index (Phi) is 8.17. The highest BCUT2D eigenvalue weighted by atomic mass is 19.1. The molecule has 0 saturated carbocycles. The maximum atomic E-state index is 13.4. The topological polar surface area (TPSA) is 130 Å². The molecule has 5 N–H and O–H groups in total.